The van der Waals surface area contributed by atoms with Crippen molar-refractivity contribution in [3.63, 3.8) is 0 Å². The van der Waals surface area contributed by atoms with Crippen molar-refractivity contribution in [1.29, 1.82) is 5.26 Å². The van der Waals surface area contributed by atoms with Gasteiger partial charge in [0.15, 0.2) is 0 Å². The highest BCUT2D eigenvalue weighted by molar-refractivity contribution is 5.93. The molecule has 136 valence electrons. The van der Waals surface area contributed by atoms with Crippen molar-refractivity contribution >= 4 is 29.2 Å². The zero-order chi connectivity index (χ0) is 18.9. The van der Waals surface area contributed by atoms with E-state index >= 15 is 0 Å². The number of aromatic amines is 1. The number of nitrogens with one attached hydrogen (secondary N) is 2. The summed E-state index contributed by atoms with van der Waals surface area (Å²) < 4.78 is 5.26. The lowest BCUT2D eigenvalue weighted by Gasteiger charge is -2.27. The molecule has 2 N–H and O–H groups in total. The first-order valence-electron chi connectivity index (χ1n) is 8.21. The highest BCUT2D eigenvalue weighted by atomic mass is 16.6. The summed E-state index contributed by atoms with van der Waals surface area (Å²) in [7, 11) is 0. The van der Waals surface area contributed by atoms with Crippen molar-refractivity contribution in [3.05, 3.63) is 18.1 Å². The van der Waals surface area contributed by atoms with E-state index < -0.39 is 17.2 Å². The van der Waals surface area contributed by atoms with Gasteiger partial charge in [-0.1, -0.05) is 0 Å². The van der Waals surface area contributed by atoms with Gasteiger partial charge in [0.2, 0.25) is 0 Å². The van der Waals surface area contributed by atoms with E-state index in [-0.39, 0.29) is 6.54 Å². The molecule has 1 aliphatic heterocycles. The number of hydrogen-bond acceptors (Lipinski definition) is 7. The number of amides is 1. The second kappa shape index (κ2) is 6.29. The summed E-state index contributed by atoms with van der Waals surface area (Å²) in [6.45, 7) is 6.00. The fourth-order valence-corrected chi connectivity index (χ4v) is 3.02. The van der Waals surface area contributed by atoms with Gasteiger partial charge in [0, 0.05) is 19.3 Å². The van der Waals surface area contributed by atoms with Gasteiger partial charge in [-0.25, -0.2) is 14.8 Å². The van der Waals surface area contributed by atoms with E-state index in [2.05, 4.69) is 26.3 Å². The Labute approximate surface area is 150 Å². The van der Waals surface area contributed by atoms with Crippen LogP contribution in [0.25, 0.3) is 11.0 Å². The summed E-state index contributed by atoms with van der Waals surface area (Å²) in [4.78, 5) is 37.1. The van der Waals surface area contributed by atoms with Gasteiger partial charge < -0.3 is 24.7 Å². The van der Waals surface area contributed by atoms with Gasteiger partial charge in [0.1, 0.15) is 41.3 Å². The minimum atomic E-state index is -1.07. The molecule has 0 radical (unpaired) electrons. The normalized spacial score (nSPS) is 20.0. The number of nitriles is 1. The van der Waals surface area contributed by atoms with Crippen LogP contribution < -0.4 is 10.2 Å². The van der Waals surface area contributed by atoms with Crippen LogP contribution in [0, 0.1) is 11.3 Å². The second-order valence-corrected chi connectivity index (χ2v) is 7.31. The Bertz CT molecular complexity index is 894. The SMILES string of the molecule is CC(C)(C)OC(=O)NC1(C=O)CCN(c2ncnc3[nH]cc(C#N)c23)C1. The van der Waals surface area contributed by atoms with Crippen LogP contribution in [-0.2, 0) is 9.53 Å². The Morgan fingerprint density at radius 1 is 1.50 bits per heavy atom. The number of aromatic nitrogens is 3. The van der Waals surface area contributed by atoms with E-state index in [0.29, 0.717) is 35.4 Å². The Hall–Kier alpha value is -3.15. The minimum absolute atomic E-state index is 0.234. The topological polar surface area (TPSA) is 124 Å². The van der Waals surface area contributed by atoms with Crippen molar-refractivity contribution in [3.8, 4) is 6.07 Å². The van der Waals surface area contributed by atoms with Crippen LogP contribution in [0.5, 0.6) is 0 Å². The third kappa shape index (κ3) is 3.31. The zero-order valence-corrected chi connectivity index (χ0v) is 14.9. The molecular weight excluding hydrogens is 336 g/mol. The van der Waals surface area contributed by atoms with Gasteiger partial charge in [-0.05, 0) is 27.2 Å². The van der Waals surface area contributed by atoms with Crippen molar-refractivity contribution in [2.24, 2.45) is 0 Å². The number of alkyl carbamates (subject to hydrolysis) is 1. The molecule has 9 nitrogen and oxygen atoms in total. The number of fused-ring (bicyclic) bond motifs is 1. The second-order valence-electron chi connectivity index (χ2n) is 7.31. The molecule has 1 atom stereocenters. The molecule has 0 bridgehead atoms. The lowest BCUT2D eigenvalue weighted by molar-refractivity contribution is -0.112. The van der Waals surface area contributed by atoms with Gasteiger partial charge in [0.25, 0.3) is 0 Å². The number of carbonyl (C=O) groups is 2. The number of ether oxygens (including phenoxy) is 1. The summed E-state index contributed by atoms with van der Waals surface area (Å²) in [5.41, 5.74) is -0.740. The number of nitrogens with zero attached hydrogens (tertiary/aromatic N) is 4. The molecule has 0 aromatic carbocycles. The molecule has 2 aromatic heterocycles. The summed E-state index contributed by atoms with van der Waals surface area (Å²) >= 11 is 0. The highest BCUT2D eigenvalue weighted by Crippen LogP contribution is 2.31. The predicted octanol–water partition coefficient (Wildman–Crippen LogP) is 1.50. The van der Waals surface area contributed by atoms with E-state index in [1.807, 2.05) is 4.90 Å². The molecule has 26 heavy (non-hydrogen) atoms. The van der Waals surface area contributed by atoms with Crippen LogP contribution in [0.2, 0.25) is 0 Å². The van der Waals surface area contributed by atoms with E-state index in [4.69, 9.17) is 4.74 Å². The molecule has 0 spiro atoms. The fourth-order valence-electron chi connectivity index (χ4n) is 3.02. The van der Waals surface area contributed by atoms with Crippen LogP contribution in [0.15, 0.2) is 12.5 Å². The monoisotopic (exact) mass is 356 g/mol. The van der Waals surface area contributed by atoms with Crippen molar-refractivity contribution < 1.29 is 14.3 Å². The molecule has 1 aliphatic rings. The summed E-state index contributed by atoms with van der Waals surface area (Å²) in [6, 6.07) is 2.11. The number of anilines is 1. The molecule has 1 unspecified atom stereocenters. The quantitative estimate of drug-likeness (QED) is 0.799. The van der Waals surface area contributed by atoms with Gasteiger partial charge >= 0.3 is 6.09 Å². The molecule has 9 heteroatoms. The number of rotatable bonds is 3. The van der Waals surface area contributed by atoms with Crippen LogP contribution in [0.4, 0.5) is 10.6 Å². The maximum atomic E-state index is 12.1. The molecule has 1 saturated heterocycles. The maximum absolute atomic E-state index is 12.1. The fraction of sp³-hybridized carbons (Fsp3) is 0.471. The smallest absolute Gasteiger partial charge is 0.408 e. The molecule has 0 saturated carbocycles. The molecule has 3 rings (SSSR count). The van der Waals surface area contributed by atoms with Crippen LogP contribution in [0.3, 0.4) is 0 Å². The maximum Gasteiger partial charge on any atom is 0.408 e. The van der Waals surface area contributed by atoms with E-state index in [1.165, 1.54) is 6.33 Å². The highest BCUT2D eigenvalue weighted by Gasteiger charge is 2.41. The van der Waals surface area contributed by atoms with Crippen molar-refractivity contribution in [2.45, 2.75) is 38.3 Å². The van der Waals surface area contributed by atoms with E-state index in [9.17, 15) is 14.9 Å². The first-order valence-corrected chi connectivity index (χ1v) is 8.21. The molecule has 0 aliphatic carbocycles. The number of hydrogen-bond donors (Lipinski definition) is 2. The standard InChI is InChI=1S/C17H20N6O3/c1-16(2,3)26-15(25)22-17(9-24)4-5-23(8-17)14-12-11(6-18)7-19-13(12)20-10-21-14/h7,9-10H,4-5,8H2,1-3H3,(H,22,25)(H,19,20,21). The minimum Gasteiger partial charge on any atom is -0.444 e. The van der Waals surface area contributed by atoms with Crippen molar-refractivity contribution in [2.75, 3.05) is 18.0 Å². The van der Waals surface area contributed by atoms with E-state index in [0.717, 1.165) is 6.29 Å². The van der Waals surface area contributed by atoms with E-state index in [1.54, 1.807) is 27.0 Å². The Balaban J connectivity index is 1.85. The van der Waals surface area contributed by atoms with Gasteiger partial charge in [0.05, 0.1) is 10.9 Å². The molecule has 1 amide bonds. The largest absolute Gasteiger partial charge is 0.444 e. The average molecular weight is 356 g/mol. The number of aldehydes is 1. The van der Waals surface area contributed by atoms with Crippen LogP contribution >= 0.6 is 0 Å². The molecular formula is C17H20N6O3. The molecule has 2 aromatic rings. The van der Waals surface area contributed by atoms with Gasteiger partial charge in [-0.2, -0.15) is 5.26 Å². The third-order valence-corrected chi connectivity index (χ3v) is 4.15. The first kappa shape index (κ1) is 17.7. The first-order chi connectivity index (χ1) is 12.3. The lowest BCUT2D eigenvalue weighted by Crippen LogP contribution is -2.53. The molecule has 3 heterocycles. The number of carbonyl (C=O) groups excluding carboxylic acids is 2. The van der Waals surface area contributed by atoms with Crippen LogP contribution in [0.1, 0.15) is 32.8 Å². The number of H-pyrrole nitrogens is 1. The predicted molar refractivity (Wildman–Crippen MR) is 93.6 cm³/mol. The lowest BCUT2D eigenvalue weighted by atomic mass is 10.0. The summed E-state index contributed by atoms with van der Waals surface area (Å²) in [5.74, 6) is 0.558. The summed E-state index contributed by atoms with van der Waals surface area (Å²) in [5, 5.41) is 12.6. The van der Waals surface area contributed by atoms with Crippen LogP contribution in [-0.4, -0.2) is 51.6 Å². The van der Waals surface area contributed by atoms with Gasteiger partial charge in [-0.3, -0.25) is 0 Å². The Kier molecular flexibility index (Phi) is 4.28. The summed E-state index contributed by atoms with van der Waals surface area (Å²) in [6.07, 6.45) is 3.48. The molecule has 1 fully saturated rings. The van der Waals surface area contributed by atoms with Crippen molar-refractivity contribution in [1.82, 2.24) is 20.3 Å². The zero-order valence-electron chi connectivity index (χ0n) is 14.9. The van der Waals surface area contributed by atoms with Gasteiger partial charge in [-0.15, -0.1) is 0 Å². The Morgan fingerprint density at radius 3 is 2.92 bits per heavy atom. The Morgan fingerprint density at radius 2 is 2.27 bits per heavy atom. The average Bonchev–Trinajstić information content (AvgIpc) is 3.17. The third-order valence-electron chi connectivity index (χ3n) is 4.15.